The minimum atomic E-state index is -0.660. The number of carbonyl (C=O) groups excluding carboxylic acids is 1. The number of guanidine groups is 1. The molecule has 0 aromatic carbocycles. The molecule has 1 aliphatic carbocycles. The van der Waals surface area contributed by atoms with Gasteiger partial charge in [0.2, 0.25) is 5.91 Å². The van der Waals surface area contributed by atoms with Crippen LogP contribution in [0.5, 0.6) is 0 Å². The molecule has 2 fully saturated rings. The molecule has 27 heavy (non-hydrogen) atoms. The normalized spacial score (nSPS) is 22.1. The minimum absolute atomic E-state index is 0.200. The van der Waals surface area contributed by atoms with E-state index in [9.17, 15) is 9.90 Å². The van der Waals surface area contributed by atoms with E-state index in [2.05, 4.69) is 20.6 Å². The van der Waals surface area contributed by atoms with E-state index in [4.69, 9.17) is 0 Å². The van der Waals surface area contributed by atoms with Gasteiger partial charge in [-0.25, -0.2) is 0 Å². The number of rotatable bonds is 6. The Morgan fingerprint density at radius 1 is 1.33 bits per heavy atom. The first-order chi connectivity index (χ1) is 13.2. The van der Waals surface area contributed by atoms with Crippen molar-refractivity contribution in [3.05, 3.63) is 30.1 Å². The summed E-state index contributed by atoms with van der Waals surface area (Å²) in [5.41, 5.74) is 0.804. The quantitative estimate of drug-likeness (QED) is 0.519. The van der Waals surface area contributed by atoms with Crippen LogP contribution in [-0.4, -0.2) is 59.1 Å². The highest BCUT2D eigenvalue weighted by Gasteiger charge is 2.32. The molecule has 0 radical (unpaired) electrons. The number of aromatic nitrogens is 1. The Hall–Kier alpha value is -2.15. The van der Waals surface area contributed by atoms with E-state index < -0.39 is 6.10 Å². The van der Waals surface area contributed by atoms with Crippen molar-refractivity contribution in [3.63, 3.8) is 0 Å². The van der Waals surface area contributed by atoms with Crippen molar-refractivity contribution in [2.75, 3.05) is 26.2 Å². The molecule has 7 nitrogen and oxygen atoms in total. The zero-order chi connectivity index (χ0) is 19.1. The molecule has 1 aromatic rings. The molecule has 3 N–H and O–H groups in total. The number of aliphatic hydroxyl groups is 1. The molecule has 2 heterocycles. The third kappa shape index (κ3) is 5.42. The van der Waals surface area contributed by atoms with Gasteiger partial charge in [-0.3, -0.25) is 14.8 Å². The van der Waals surface area contributed by atoms with Crippen LogP contribution in [0.15, 0.2) is 29.5 Å². The van der Waals surface area contributed by atoms with Gasteiger partial charge in [-0.15, -0.1) is 0 Å². The van der Waals surface area contributed by atoms with E-state index in [0.29, 0.717) is 11.9 Å². The molecule has 1 aromatic heterocycles. The lowest BCUT2D eigenvalue weighted by atomic mass is 10.1. The van der Waals surface area contributed by atoms with Crippen LogP contribution in [0.4, 0.5) is 0 Å². The van der Waals surface area contributed by atoms with Crippen LogP contribution in [0.1, 0.15) is 50.7 Å². The number of likely N-dealkylation sites (tertiary alicyclic amines) is 1. The Kier molecular flexibility index (Phi) is 7.04. The summed E-state index contributed by atoms with van der Waals surface area (Å²) in [5, 5.41) is 16.9. The maximum atomic E-state index is 12.6. The van der Waals surface area contributed by atoms with Crippen molar-refractivity contribution in [2.45, 2.75) is 51.2 Å². The predicted molar refractivity (Wildman–Crippen MR) is 105 cm³/mol. The number of aliphatic hydroxyl groups excluding tert-OH is 1. The maximum absolute atomic E-state index is 12.6. The summed E-state index contributed by atoms with van der Waals surface area (Å²) < 4.78 is 0. The fourth-order valence-electron chi connectivity index (χ4n) is 3.89. The van der Waals surface area contributed by atoms with Gasteiger partial charge in [0, 0.05) is 44.0 Å². The van der Waals surface area contributed by atoms with Crippen molar-refractivity contribution >= 4 is 11.9 Å². The molecule has 1 amide bonds. The number of carbonyl (C=O) groups is 1. The largest absolute Gasteiger partial charge is 0.386 e. The Morgan fingerprint density at radius 3 is 2.78 bits per heavy atom. The lowest BCUT2D eigenvalue weighted by molar-refractivity contribution is -0.134. The number of aliphatic imine (C=N–C) groups is 1. The number of hydrogen-bond acceptors (Lipinski definition) is 4. The summed E-state index contributed by atoms with van der Waals surface area (Å²) in [6.07, 6.45) is 8.06. The van der Waals surface area contributed by atoms with E-state index in [1.54, 1.807) is 24.5 Å². The molecular weight excluding hydrogens is 342 g/mol. The number of nitrogens with zero attached hydrogens (tertiary/aromatic N) is 3. The number of amides is 1. The first kappa shape index (κ1) is 19.6. The highest BCUT2D eigenvalue weighted by molar-refractivity contribution is 5.81. The van der Waals surface area contributed by atoms with Crippen molar-refractivity contribution in [2.24, 2.45) is 10.9 Å². The Morgan fingerprint density at radius 2 is 2.07 bits per heavy atom. The lowest BCUT2D eigenvalue weighted by Crippen LogP contribution is -2.45. The minimum Gasteiger partial charge on any atom is -0.386 e. The van der Waals surface area contributed by atoms with Crippen LogP contribution in [0, 0.1) is 5.92 Å². The van der Waals surface area contributed by atoms with Crippen LogP contribution in [0.3, 0.4) is 0 Å². The van der Waals surface area contributed by atoms with E-state index in [0.717, 1.165) is 44.5 Å². The Labute approximate surface area is 161 Å². The van der Waals surface area contributed by atoms with Gasteiger partial charge in [0.15, 0.2) is 5.96 Å². The van der Waals surface area contributed by atoms with Crippen molar-refractivity contribution in [3.8, 4) is 0 Å². The van der Waals surface area contributed by atoms with E-state index >= 15 is 0 Å². The van der Waals surface area contributed by atoms with Gasteiger partial charge in [-0.1, -0.05) is 12.8 Å². The summed E-state index contributed by atoms with van der Waals surface area (Å²) >= 11 is 0. The first-order valence-electron chi connectivity index (χ1n) is 10.1. The van der Waals surface area contributed by atoms with Crippen LogP contribution < -0.4 is 10.6 Å². The topological polar surface area (TPSA) is 89.8 Å². The van der Waals surface area contributed by atoms with Crippen LogP contribution >= 0.6 is 0 Å². The number of nitrogens with one attached hydrogen (secondary N) is 2. The monoisotopic (exact) mass is 373 g/mol. The predicted octanol–water partition coefficient (Wildman–Crippen LogP) is 1.46. The molecule has 2 aliphatic rings. The third-order valence-corrected chi connectivity index (χ3v) is 5.40. The van der Waals surface area contributed by atoms with Crippen molar-refractivity contribution < 1.29 is 9.90 Å². The molecule has 2 unspecified atom stereocenters. The molecule has 1 saturated heterocycles. The van der Waals surface area contributed by atoms with Gasteiger partial charge in [-0.05, 0) is 43.9 Å². The van der Waals surface area contributed by atoms with Crippen LogP contribution in [0.25, 0.3) is 0 Å². The van der Waals surface area contributed by atoms with E-state index in [1.807, 2.05) is 11.8 Å². The fraction of sp³-hybridized carbons (Fsp3) is 0.650. The maximum Gasteiger partial charge on any atom is 0.225 e. The third-order valence-electron chi connectivity index (χ3n) is 5.40. The molecule has 1 aliphatic heterocycles. The standard InChI is InChI=1S/C20H31N5O2/c1-2-22-20(23-13-18(26)15-7-10-21-11-8-15)24-17-9-12-25(14-17)19(27)16-5-3-4-6-16/h7-8,10-11,16-18,26H,2-6,9,12-14H2,1H3,(H2,22,23,24). The van der Waals surface area contributed by atoms with Gasteiger partial charge in [0.25, 0.3) is 0 Å². The second-order valence-electron chi connectivity index (χ2n) is 7.41. The molecular formula is C20H31N5O2. The molecule has 2 atom stereocenters. The summed E-state index contributed by atoms with van der Waals surface area (Å²) in [6.45, 7) is 4.57. The van der Waals surface area contributed by atoms with Crippen LogP contribution in [0.2, 0.25) is 0 Å². The summed E-state index contributed by atoms with van der Waals surface area (Å²) in [4.78, 5) is 23.1. The Bertz CT molecular complexity index is 631. The molecule has 3 rings (SSSR count). The first-order valence-corrected chi connectivity index (χ1v) is 10.1. The average molecular weight is 374 g/mol. The van der Waals surface area contributed by atoms with Gasteiger partial charge in [-0.2, -0.15) is 0 Å². The average Bonchev–Trinajstić information content (AvgIpc) is 3.38. The Balaban J connectivity index is 1.52. The summed E-state index contributed by atoms with van der Waals surface area (Å²) in [6, 6.07) is 3.79. The fourth-order valence-corrected chi connectivity index (χ4v) is 3.89. The van der Waals surface area contributed by atoms with Gasteiger partial charge >= 0.3 is 0 Å². The van der Waals surface area contributed by atoms with Gasteiger partial charge in [0.05, 0.1) is 12.6 Å². The number of pyridine rings is 1. The van der Waals surface area contributed by atoms with Crippen molar-refractivity contribution in [1.82, 2.24) is 20.5 Å². The lowest BCUT2D eigenvalue weighted by Gasteiger charge is -2.21. The van der Waals surface area contributed by atoms with Crippen molar-refractivity contribution in [1.29, 1.82) is 0 Å². The smallest absolute Gasteiger partial charge is 0.225 e. The SMILES string of the molecule is CCNC(=NCC(O)c1ccncc1)NC1CCN(C(=O)C2CCCC2)C1. The summed E-state index contributed by atoms with van der Waals surface area (Å²) in [7, 11) is 0. The van der Waals surface area contributed by atoms with Crippen LogP contribution in [-0.2, 0) is 4.79 Å². The van der Waals surface area contributed by atoms with E-state index in [1.165, 1.54) is 12.8 Å². The highest BCUT2D eigenvalue weighted by atomic mass is 16.3. The number of hydrogen-bond donors (Lipinski definition) is 3. The van der Waals surface area contributed by atoms with E-state index in [-0.39, 0.29) is 18.5 Å². The molecule has 7 heteroatoms. The molecule has 148 valence electrons. The zero-order valence-electron chi connectivity index (χ0n) is 16.1. The second-order valence-corrected chi connectivity index (χ2v) is 7.41. The van der Waals surface area contributed by atoms with Gasteiger partial charge < -0.3 is 20.6 Å². The molecule has 1 saturated carbocycles. The summed E-state index contributed by atoms with van der Waals surface area (Å²) in [5.74, 6) is 1.25. The van der Waals surface area contributed by atoms with Gasteiger partial charge in [0.1, 0.15) is 0 Å². The highest BCUT2D eigenvalue weighted by Crippen LogP contribution is 2.27. The zero-order valence-corrected chi connectivity index (χ0v) is 16.1. The molecule has 0 spiro atoms. The second kappa shape index (κ2) is 9.69. The molecule has 0 bridgehead atoms.